The zero-order chi connectivity index (χ0) is 13.7. The second-order valence-electron chi connectivity index (χ2n) is 3.81. The third kappa shape index (κ3) is 3.70. The van der Waals surface area contributed by atoms with Gasteiger partial charge in [0.15, 0.2) is 0 Å². The molecule has 0 bridgehead atoms. The minimum Gasteiger partial charge on any atom is -0.279 e. The molecule has 0 unspecified atom stereocenters. The van der Waals surface area contributed by atoms with Gasteiger partial charge in [0.25, 0.3) is 0 Å². The molecule has 0 aliphatic heterocycles. The standard InChI is InChI=1S/C16H11FOS/c1-19-15-9-5-13(6-10-15)16(18)11-4-12-2-7-14(17)8-3-12/h2-3,5-10H,1H3. The molecule has 19 heavy (non-hydrogen) atoms. The molecule has 0 aliphatic carbocycles. The maximum atomic E-state index is 12.7. The Kier molecular flexibility index (Phi) is 4.38. The molecule has 2 aromatic carbocycles. The zero-order valence-electron chi connectivity index (χ0n) is 10.3. The van der Waals surface area contributed by atoms with E-state index in [-0.39, 0.29) is 11.6 Å². The first-order valence-electron chi connectivity index (χ1n) is 5.65. The summed E-state index contributed by atoms with van der Waals surface area (Å²) in [6, 6.07) is 13.0. The first-order valence-corrected chi connectivity index (χ1v) is 6.87. The number of ketones is 1. The lowest BCUT2D eigenvalue weighted by Gasteiger charge is -1.96. The summed E-state index contributed by atoms with van der Waals surface area (Å²) >= 11 is 1.62. The molecular formula is C16H11FOS. The Bertz CT molecular complexity index is 633. The van der Waals surface area contributed by atoms with Crippen molar-refractivity contribution < 1.29 is 9.18 Å². The first-order chi connectivity index (χ1) is 9.19. The van der Waals surface area contributed by atoms with Crippen molar-refractivity contribution in [2.45, 2.75) is 4.90 Å². The normalized spacial score (nSPS) is 9.58. The highest BCUT2D eigenvalue weighted by Gasteiger charge is 2.01. The number of carbonyl (C=O) groups is 1. The van der Waals surface area contributed by atoms with E-state index in [4.69, 9.17) is 0 Å². The molecule has 0 aliphatic rings. The summed E-state index contributed by atoms with van der Waals surface area (Å²) in [5.74, 6) is 4.73. The van der Waals surface area contributed by atoms with Crippen LogP contribution in [0.2, 0.25) is 0 Å². The summed E-state index contributed by atoms with van der Waals surface area (Å²) in [5.41, 5.74) is 1.18. The molecule has 3 heteroatoms. The van der Waals surface area contributed by atoms with Crippen molar-refractivity contribution in [3.63, 3.8) is 0 Å². The van der Waals surface area contributed by atoms with Crippen molar-refractivity contribution in [3.05, 3.63) is 65.5 Å². The maximum absolute atomic E-state index is 12.7. The van der Waals surface area contributed by atoms with Gasteiger partial charge in [0.2, 0.25) is 5.78 Å². The number of rotatable bonds is 2. The fourth-order valence-corrected chi connectivity index (χ4v) is 1.88. The van der Waals surface area contributed by atoms with E-state index in [2.05, 4.69) is 11.8 Å². The number of carbonyl (C=O) groups excluding carboxylic acids is 1. The first kappa shape index (κ1) is 13.4. The van der Waals surface area contributed by atoms with E-state index in [1.807, 2.05) is 18.4 Å². The number of hydrogen-bond donors (Lipinski definition) is 0. The molecule has 0 saturated heterocycles. The van der Waals surface area contributed by atoms with Gasteiger partial charge in [-0.25, -0.2) is 4.39 Å². The quantitative estimate of drug-likeness (QED) is 0.469. The average Bonchev–Trinajstić information content (AvgIpc) is 2.46. The van der Waals surface area contributed by atoms with Gasteiger partial charge >= 0.3 is 0 Å². The van der Waals surface area contributed by atoms with Crippen LogP contribution in [-0.4, -0.2) is 12.0 Å². The molecule has 2 rings (SSSR count). The zero-order valence-corrected chi connectivity index (χ0v) is 11.1. The highest BCUT2D eigenvalue weighted by Crippen LogP contribution is 2.14. The minimum absolute atomic E-state index is 0.239. The van der Waals surface area contributed by atoms with E-state index in [0.29, 0.717) is 11.1 Å². The Morgan fingerprint density at radius 3 is 2.26 bits per heavy atom. The van der Waals surface area contributed by atoms with Gasteiger partial charge in [0.1, 0.15) is 5.82 Å². The van der Waals surface area contributed by atoms with E-state index in [9.17, 15) is 9.18 Å². The summed E-state index contributed by atoms with van der Waals surface area (Å²) in [4.78, 5) is 12.9. The number of thioether (sulfide) groups is 1. The highest BCUT2D eigenvalue weighted by molar-refractivity contribution is 7.98. The van der Waals surface area contributed by atoms with Crippen LogP contribution in [0.4, 0.5) is 4.39 Å². The second kappa shape index (κ2) is 6.21. The lowest BCUT2D eigenvalue weighted by molar-refractivity contribution is 0.105. The van der Waals surface area contributed by atoms with Gasteiger partial charge < -0.3 is 0 Å². The predicted octanol–water partition coefficient (Wildman–Crippen LogP) is 3.78. The smallest absolute Gasteiger partial charge is 0.236 e. The van der Waals surface area contributed by atoms with Gasteiger partial charge in [-0.2, -0.15) is 0 Å². The van der Waals surface area contributed by atoms with Crippen LogP contribution < -0.4 is 0 Å². The summed E-state index contributed by atoms with van der Waals surface area (Å²) in [6.45, 7) is 0. The number of benzene rings is 2. The second-order valence-corrected chi connectivity index (χ2v) is 4.69. The topological polar surface area (TPSA) is 17.1 Å². The molecule has 0 radical (unpaired) electrons. The fraction of sp³-hybridized carbons (Fsp3) is 0.0625. The largest absolute Gasteiger partial charge is 0.279 e. The van der Waals surface area contributed by atoms with Crippen LogP contribution in [0, 0.1) is 17.7 Å². The molecule has 0 spiro atoms. The number of hydrogen-bond acceptors (Lipinski definition) is 2. The molecule has 0 amide bonds. The van der Waals surface area contributed by atoms with Crippen molar-refractivity contribution in [2.75, 3.05) is 6.26 Å². The Hall–Kier alpha value is -2.05. The molecule has 0 N–H and O–H groups in total. The summed E-state index contributed by atoms with van der Waals surface area (Å²) in [7, 11) is 0. The molecule has 94 valence electrons. The minimum atomic E-state index is -0.315. The molecule has 0 aromatic heterocycles. The third-order valence-corrected chi connectivity index (χ3v) is 3.26. The van der Waals surface area contributed by atoms with Crippen molar-refractivity contribution in [1.29, 1.82) is 0 Å². The summed E-state index contributed by atoms with van der Waals surface area (Å²) < 4.78 is 12.7. The number of Topliss-reactive ketones (excluding diaryl/α,β-unsaturated/α-hetero) is 1. The monoisotopic (exact) mass is 270 g/mol. The Labute approximate surface area is 115 Å². The molecule has 0 saturated carbocycles. The van der Waals surface area contributed by atoms with E-state index in [0.717, 1.165) is 4.90 Å². The highest BCUT2D eigenvalue weighted by atomic mass is 32.2. The molecule has 0 heterocycles. The average molecular weight is 270 g/mol. The van der Waals surface area contributed by atoms with Gasteiger partial charge in [-0.05, 0) is 60.7 Å². The Morgan fingerprint density at radius 1 is 1.05 bits per heavy atom. The van der Waals surface area contributed by atoms with Crippen LogP contribution in [0.15, 0.2) is 53.4 Å². The van der Waals surface area contributed by atoms with Gasteiger partial charge in [-0.15, -0.1) is 11.8 Å². The maximum Gasteiger partial charge on any atom is 0.236 e. The number of halogens is 1. The SMILES string of the molecule is CSc1ccc(C(=O)C#Cc2ccc(F)cc2)cc1. The molecular weight excluding hydrogens is 259 g/mol. The van der Waals surface area contributed by atoms with E-state index in [1.54, 1.807) is 36.0 Å². The predicted molar refractivity (Wildman–Crippen MR) is 75.8 cm³/mol. The van der Waals surface area contributed by atoms with Gasteiger partial charge in [0, 0.05) is 16.0 Å². The van der Waals surface area contributed by atoms with E-state index < -0.39 is 0 Å². The van der Waals surface area contributed by atoms with Crippen molar-refractivity contribution in [3.8, 4) is 11.8 Å². The molecule has 2 aromatic rings. The van der Waals surface area contributed by atoms with Crippen molar-refractivity contribution in [2.24, 2.45) is 0 Å². The van der Waals surface area contributed by atoms with Crippen LogP contribution in [0.25, 0.3) is 0 Å². The summed E-state index contributed by atoms with van der Waals surface area (Å²) in [6.07, 6.45) is 1.98. The lowest BCUT2D eigenvalue weighted by atomic mass is 10.1. The fourth-order valence-electron chi connectivity index (χ4n) is 1.48. The van der Waals surface area contributed by atoms with Crippen LogP contribution in [0.3, 0.4) is 0 Å². The van der Waals surface area contributed by atoms with E-state index in [1.165, 1.54) is 12.1 Å². The molecule has 0 fully saturated rings. The van der Waals surface area contributed by atoms with E-state index >= 15 is 0 Å². The molecule has 1 nitrogen and oxygen atoms in total. The van der Waals surface area contributed by atoms with Crippen LogP contribution >= 0.6 is 11.8 Å². The van der Waals surface area contributed by atoms with Crippen molar-refractivity contribution >= 4 is 17.5 Å². The van der Waals surface area contributed by atoms with Crippen molar-refractivity contribution in [1.82, 2.24) is 0 Å². The third-order valence-electron chi connectivity index (χ3n) is 2.52. The van der Waals surface area contributed by atoms with Crippen LogP contribution in [-0.2, 0) is 0 Å². The van der Waals surface area contributed by atoms with Crippen LogP contribution in [0.1, 0.15) is 15.9 Å². The van der Waals surface area contributed by atoms with Gasteiger partial charge in [-0.3, -0.25) is 4.79 Å². The lowest BCUT2D eigenvalue weighted by Crippen LogP contribution is -1.94. The Balaban J connectivity index is 2.14. The summed E-state index contributed by atoms with van der Waals surface area (Å²) in [5, 5.41) is 0. The van der Waals surface area contributed by atoms with Gasteiger partial charge in [-0.1, -0.05) is 5.92 Å². The van der Waals surface area contributed by atoms with Crippen LogP contribution in [0.5, 0.6) is 0 Å². The molecule has 0 atom stereocenters. The Morgan fingerprint density at radius 2 is 1.68 bits per heavy atom. The van der Waals surface area contributed by atoms with Gasteiger partial charge in [0.05, 0.1) is 0 Å².